The lowest BCUT2D eigenvalue weighted by Crippen LogP contribution is -2.31. The van der Waals surface area contributed by atoms with Gasteiger partial charge in [0.15, 0.2) is 0 Å². The van der Waals surface area contributed by atoms with Crippen LogP contribution in [-0.2, 0) is 4.74 Å². The fourth-order valence-electron chi connectivity index (χ4n) is 4.94. The van der Waals surface area contributed by atoms with Gasteiger partial charge in [-0.3, -0.25) is 4.74 Å². The molecule has 0 saturated heterocycles. The molecule has 0 aromatic heterocycles. The third-order valence-electron chi connectivity index (χ3n) is 6.53. The zero-order chi connectivity index (χ0) is 18.7. The second-order valence-corrected chi connectivity index (χ2v) is 8.53. The third kappa shape index (κ3) is 5.25. The minimum Gasteiger partial charge on any atom is -0.289 e. The Labute approximate surface area is 155 Å². The molecule has 26 heavy (non-hydrogen) atoms. The molecule has 0 aliphatic heterocycles. The van der Waals surface area contributed by atoms with Crippen molar-refractivity contribution in [2.24, 2.45) is 11.8 Å². The molecular weight excluding hydrogens is 337 g/mol. The second-order valence-electron chi connectivity index (χ2n) is 8.53. The van der Waals surface area contributed by atoms with Crippen LogP contribution in [0.1, 0.15) is 88.2 Å². The van der Waals surface area contributed by atoms with E-state index >= 15 is 0 Å². The third-order valence-corrected chi connectivity index (χ3v) is 6.53. The number of hydrogen-bond acceptors (Lipinski definition) is 1. The Balaban J connectivity index is 1.45. The van der Waals surface area contributed by atoms with Gasteiger partial charge in [-0.25, -0.2) is 0 Å². The van der Waals surface area contributed by atoms with Gasteiger partial charge >= 0.3 is 6.36 Å². The van der Waals surface area contributed by atoms with Gasteiger partial charge in [0.05, 0.1) is 6.10 Å². The lowest BCUT2D eigenvalue weighted by molar-refractivity contribution is -0.346. The molecule has 1 aromatic rings. The first kappa shape index (κ1) is 19.7. The number of hydrogen-bond donors (Lipinski definition) is 0. The van der Waals surface area contributed by atoms with Crippen LogP contribution in [0.3, 0.4) is 0 Å². The molecule has 146 valence electrons. The molecule has 1 aromatic carbocycles. The van der Waals surface area contributed by atoms with Crippen molar-refractivity contribution in [3.05, 3.63) is 35.4 Å². The summed E-state index contributed by atoms with van der Waals surface area (Å²) in [6, 6.07) is 9.10. The smallest absolute Gasteiger partial charge is 0.289 e. The second kappa shape index (κ2) is 8.33. The average molecular weight is 368 g/mol. The molecule has 0 N–H and O–H groups in total. The Bertz CT molecular complexity index is 548. The summed E-state index contributed by atoms with van der Waals surface area (Å²) < 4.78 is 41.2. The Morgan fingerprint density at radius 1 is 0.808 bits per heavy atom. The highest BCUT2D eigenvalue weighted by Crippen LogP contribution is 2.44. The van der Waals surface area contributed by atoms with Crippen LogP contribution in [0.5, 0.6) is 0 Å². The Morgan fingerprint density at radius 2 is 1.31 bits per heavy atom. The SMILES string of the molecule is CC(C)c1ccc(C2CCC(C3CCC(OC(F)(F)F)CC3)CC2)cc1. The van der Waals surface area contributed by atoms with Crippen LogP contribution >= 0.6 is 0 Å². The van der Waals surface area contributed by atoms with Gasteiger partial charge in [-0.1, -0.05) is 38.1 Å². The first-order valence-electron chi connectivity index (χ1n) is 10.2. The van der Waals surface area contributed by atoms with Gasteiger partial charge in [-0.05, 0) is 86.2 Å². The largest absolute Gasteiger partial charge is 0.522 e. The van der Waals surface area contributed by atoms with Crippen LogP contribution in [0.15, 0.2) is 24.3 Å². The molecule has 0 atom stereocenters. The summed E-state index contributed by atoms with van der Waals surface area (Å²) in [6.07, 6.45) is 2.63. The first-order chi connectivity index (χ1) is 12.3. The maximum atomic E-state index is 12.3. The maximum absolute atomic E-state index is 12.3. The summed E-state index contributed by atoms with van der Waals surface area (Å²) in [5.74, 6) is 2.49. The minimum absolute atomic E-state index is 0.556. The normalized spacial score (nSPS) is 30.5. The Kier molecular flexibility index (Phi) is 6.32. The van der Waals surface area contributed by atoms with E-state index in [1.54, 1.807) is 0 Å². The van der Waals surface area contributed by atoms with Crippen LogP contribution in [0.4, 0.5) is 13.2 Å². The van der Waals surface area contributed by atoms with E-state index in [0.717, 1.165) is 12.8 Å². The predicted molar refractivity (Wildman–Crippen MR) is 98.1 cm³/mol. The average Bonchev–Trinajstić information content (AvgIpc) is 2.61. The Morgan fingerprint density at radius 3 is 1.77 bits per heavy atom. The highest BCUT2D eigenvalue weighted by molar-refractivity contribution is 5.27. The van der Waals surface area contributed by atoms with Crippen molar-refractivity contribution in [1.29, 1.82) is 0 Å². The first-order valence-corrected chi connectivity index (χ1v) is 10.2. The van der Waals surface area contributed by atoms with E-state index in [9.17, 15) is 13.2 Å². The fourth-order valence-corrected chi connectivity index (χ4v) is 4.94. The summed E-state index contributed by atoms with van der Waals surface area (Å²) in [4.78, 5) is 0. The summed E-state index contributed by atoms with van der Waals surface area (Å²) in [7, 11) is 0. The van der Waals surface area contributed by atoms with Crippen LogP contribution in [0.2, 0.25) is 0 Å². The summed E-state index contributed by atoms with van der Waals surface area (Å²) >= 11 is 0. The Hall–Kier alpha value is -1.03. The summed E-state index contributed by atoms with van der Waals surface area (Å²) in [5.41, 5.74) is 2.84. The number of ether oxygens (including phenoxy) is 1. The van der Waals surface area contributed by atoms with Crippen LogP contribution < -0.4 is 0 Å². The fraction of sp³-hybridized carbons (Fsp3) is 0.727. The standard InChI is InChI=1S/C22H31F3O/c1-15(2)16-3-5-17(6-4-16)18-7-9-19(10-8-18)20-11-13-21(14-12-20)26-22(23,24)25/h3-6,15,18-21H,7-14H2,1-2H3. The van der Waals surface area contributed by atoms with E-state index in [0.29, 0.717) is 36.5 Å². The highest BCUT2D eigenvalue weighted by atomic mass is 19.4. The van der Waals surface area contributed by atoms with E-state index in [1.165, 1.54) is 36.8 Å². The molecule has 3 rings (SSSR count). The molecule has 0 spiro atoms. The van der Waals surface area contributed by atoms with Gasteiger partial charge < -0.3 is 0 Å². The number of benzene rings is 1. The van der Waals surface area contributed by atoms with E-state index in [2.05, 4.69) is 42.8 Å². The summed E-state index contributed by atoms with van der Waals surface area (Å²) in [5, 5.41) is 0. The van der Waals surface area contributed by atoms with E-state index in [4.69, 9.17) is 0 Å². The number of alkyl halides is 3. The van der Waals surface area contributed by atoms with Crippen LogP contribution in [-0.4, -0.2) is 12.5 Å². The molecular formula is C22H31F3O. The number of rotatable bonds is 4. The molecule has 0 heterocycles. The topological polar surface area (TPSA) is 9.23 Å². The molecule has 4 heteroatoms. The molecule has 2 aliphatic carbocycles. The maximum Gasteiger partial charge on any atom is 0.522 e. The molecule has 0 unspecified atom stereocenters. The van der Waals surface area contributed by atoms with Gasteiger partial charge in [0.1, 0.15) is 0 Å². The van der Waals surface area contributed by atoms with E-state index in [1.807, 2.05) is 0 Å². The monoisotopic (exact) mass is 368 g/mol. The predicted octanol–water partition coefficient (Wildman–Crippen LogP) is 7.18. The quantitative estimate of drug-likeness (QED) is 0.547. The lowest BCUT2D eigenvalue weighted by Gasteiger charge is -2.38. The van der Waals surface area contributed by atoms with Gasteiger partial charge in [-0.2, -0.15) is 0 Å². The van der Waals surface area contributed by atoms with Gasteiger partial charge in [0, 0.05) is 0 Å². The van der Waals surface area contributed by atoms with Crippen molar-refractivity contribution >= 4 is 0 Å². The van der Waals surface area contributed by atoms with Gasteiger partial charge in [0.2, 0.25) is 0 Å². The van der Waals surface area contributed by atoms with Crippen molar-refractivity contribution in [2.45, 2.75) is 89.5 Å². The lowest BCUT2D eigenvalue weighted by atomic mass is 9.69. The molecule has 0 amide bonds. The van der Waals surface area contributed by atoms with Crippen molar-refractivity contribution in [1.82, 2.24) is 0 Å². The van der Waals surface area contributed by atoms with Crippen LogP contribution in [0.25, 0.3) is 0 Å². The molecule has 2 fully saturated rings. The van der Waals surface area contributed by atoms with Gasteiger partial charge in [-0.15, -0.1) is 13.2 Å². The molecule has 0 bridgehead atoms. The zero-order valence-corrected chi connectivity index (χ0v) is 15.9. The van der Waals surface area contributed by atoms with Crippen molar-refractivity contribution in [2.75, 3.05) is 0 Å². The molecule has 2 saturated carbocycles. The number of halogens is 3. The van der Waals surface area contributed by atoms with Crippen LogP contribution in [0, 0.1) is 11.8 Å². The minimum atomic E-state index is -4.49. The van der Waals surface area contributed by atoms with E-state index < -0.39 is 12.5 Å². The van der Waals surface area contributed by atoms with Crippen molar-refractivity contribution < 1.29 is 17.9 Å². The molecule has 1 nitrogen and oxygen atoms in total. The molecule has 0 radical (unpaired) electrons. The highest BCUT2D eigenvalue weighted by Gasteiger charge is 2.37. The molecule has 2 aliphatic rings. The van der Waals surface area contributed by atoms with E-state index in [-0.39, 0.29) is 0 Å². The van der Waals surface area contributed by atoms with Gasteiger partial charge in [0.25, 0.3) is 0 Å². The van der Waals surface area contributed by atoms with Crippen molar-refractivity contribution in [3.8, 4) is 0 Å². The van der Waals surface area contributed by atoms with Crippen molar-refractivity contribution in [3.63, 3.8) is 0 Å². The zero-order valence-electron chi connectivity index (χ0n) is 15.9. The summed E-state index contributed by atoms with van der Waals surface area (Å²) in [6.45, 7) is 4.43.